The third kappa shape index (κ3) is 6.18. The molecule has 3 atom stereocenters. The molecule has 0 aromatic heterocycles. The molecule has 5 rings (SSSR count). The minimum absolute atomic E-state index is 0.0860. The average Bonchev–Trinajstić information content (AvgIpc) is 3.25. The second kappa shape index (κ2) is 12.5. The molecule has 1 saturated heterocycles. The number of piperidine rings is 1. The quantitative estimate of drug-likeness (QED) is 0.289. The molecule has 2 aliphatic heterocycles. The summed E-state index contributed by atoms with van der Waals surface area (Å²) in [7, 11) is -2.71. The minimum atomic E-state index is -4.04. The van der Waals surface area contributed by atoms with Gasteiger partial charge in [0.15, 0.2) is 5.60 Å². The fraction of sp³-hybridized carbons (Fsp3) is 0.344. The Balaban J connectivity index is 1.68. The number of methoxy groups -OCH3 is 1. The van der Waals surface area contributed by atoms with Crippen molar-refractivity contribution in [2.24, 2.45) is 0 Å². The van der Waals surface area contributed by atoms with Crippen molar-refractivity contribution < 1.29 is 36.7 Å². The lowest BCUT2D eigenvalue weighted by molar-refractivity contribution is -0.133. The second-order valence-corrected chi connectivity index (χ2v) is 14.5. The molecule has 3 amide bonds. The van der Waals surface area contributed by atoms with Crippen molar-refractivity contribution in [3.8, 4) is 5.75 Å². The monoisotopic (exact) mass is 691 g/mol. The SMILES string of the molecule is COCCS(=O)(=O)NC(=O)C(C)(C)Oc1ccc(Cl)cc1[C@H]1CC(=O)N[C@@H](c2cc(F)ccc2C)[C@]12C(=O)Nc1cc(Cl)ccc12. The smallest absolute Gasteiger partial charge is 0.277 e. The van der Waals surface area contributed by atoms with Crippen LogP contribution >= 0.6 is 23.2 Å². The van der Waals surface area contributed by atoms with E-state index in [1.165, 1.54) is 45.2 Å². The number of fused-ring (bicyclic) bond motifs is 2. The van der Waals surface area contributed by atoms with Crippen molar-refractivity contribution in [2.45, 2.75) is 50.2 Å². The summed E-state index contributed by atoms with van der Waals surface area (Å²) >= 11 is 12.8. The van der Waals surface area contributed by atoms with Crippen LogP contribution in [0.15, 0.2) is 54.6 Å². The third-order valence-corrected chi connectivity index (χ3v) is 10.0. The van der Waals surface area contributed by atoms with Gasteiger partial charge in [-0.3, -0.25) is 14.4 Å². The highest BCUT2D eigenvalue weighted by molar-refractivity contribution is 7.90. The maximum atomic E-state index is 14.7. The van der Waals surface area contributed by atoms with E-state index in [0.717, 1.165) is 0 Å². The van der Waals surface area contributed by atoms with Crippen LogP contribution in [0.5, 0.6) is 5.75 Å². The van der Waals surface area contributed by atoms with Gasteiger partial charge in [-0.25, -0.2) is 17.5 Å². The van der Waals surface area contributed by atoms with Crippen molar-refractivity contribution in [3.05, 3.63) is 92.7 Å². The van der Waals surface area contributed by atoms with E-state index in [4.69, 9.17) is 32.7 Å². The Labute approximate surface area is 276 Å². The van der Waals surface area contributed by atoms with Gasteiger partial charge in [-0.15, -0.1) is 0 Å². The summed E-state index contributed by atoms with van der Waals surface area (Å²) in [5.41, 5.74) is -1.06. The summed E-state index contributed by atoms with van der Waals surface area (Å²) < 4.78 is 52.7. The van der Waals surface area contributed by atoms with Gasteiger partial charge in [0, 0.05) is 40.7 Å². The number of nitrogens with one attached hydrogen (secondary N) is 3. The molecular weight excluding hydrogens is 660 g/mol. The van der Waals surface area contributed by atoms with Crippen molar-refractivity contribution >= 4 is 56.6 Å². The van der Waals surface area contributed by atoms with Crippen LogP contribution in [-0.4, -0.2) is 51.2 Å². The molecule has 0 aliphatic carbocycles. The molecule has 0 bridgehead atoms. The number of anilines is 1. The number of hydrogen-bond acceptors (Lipinski definition) is 7. The minimum Gasteiger partial charge on any atom is -0.478 e. The largest absolute Gasteiger partial charge is 0.478 e. The molecule has 1 spiro atoms. The summed E-state index contributed by atoms with van der Waals surface area (Å²) in [6.07, 6.45) is -0.213. The van der Waals surface area contributed by atoms with Crippen LogP contribution in [0, 0.1) is 12.7 Å². The van der Waals surface area contributed by atoms with Crippen molar-refractivity contribution in [1.82, 2.24) is 10.0 Å². The number of carbonyl (C=O) groups is 3. The fourth-order valence-corrected chi connectivity index (χ4v) is 7.53. The highest BCUT2D eigenvalue weighted by atomic mass is 35.5. The van der Waals surface area contributed by atoms with Gasteiger partial charge < -0.3 is 20.1 Å². The first kappa shape index (κ1) is 33.6. The van der Waals surface area contributed by atoms with E-state index >= 15 is 0 Å². The Kier molecular flexibility index (Phi) is 9.13. The molecule has 46 heavy (non-hydrogen) atoms. The first-order chi connectivity index (χ1) is 21.6. The van der Waals surface area contributed by atoms with Crippen LogP contribution in [-0.2, 0) is 34.6 Å². The van der Waals surface area contributed by atoms with Gasteiger partial charge in [0.25, 0.3) is 5.91 Å². The lowest BCUT2D eigenvalue weighted by Gasteiger charge is -2.47. The zero-order valence-electron chi connectivity index (χ0n) is 25.4. The molecule has 10 nitrogen and oxygen atoms in total. The Hall–Kier alpha value is -3.71. The zero-order valence-corrected chi connectivity index (χ0v) is 27.7. The van der Waals surface area contributed by atoms with Crippen molar-refractivity contribution in [2.75, 3.05) is 24.8 Å². The van der Waals surface area contributed by atoms with Crippen LogP contribution in [0.1, 0.15) is 54.5 Å². The standard InChI is InChI=1S/C32H32Cl2FN3O7S/c1-17-5-8-20(35)15-21(17)28-32(23-9-6-19(34)14-25(23)36-30(32)41)24(16-27(39)37-28)22-13-18(33)7-10-26(22)45-31(2,3)29(40)38-46(42,43)12-11-44-4/h5-10,13-15,24,28H,11-12,16H2,1-4H3,(H,36,41)(H,37,39)(H,38,40)/t24-,28+,32-/m1/s1. The van der Waals surface area contributed by atoms with E-state index in [1.807, 2.05) is 4.72 Å². The summed E-state index contributed by atoms with van der Waals surface area (Å²) in [6, 6.07) is 12.6. The maximum Gasteiger partial charge on any atom is 0.277 e. The van der Waals surface area contributed by atoms with Crippen molar-refractivity contribution in [1.29, 1.82) is 0 Å². The first-order valence-corrected chi connectivity index (χ1v) is 16.7. The van der Waals surface area contributed by atoms with Crippen LogP contribution < -0.4 is 20.1 Å². The van der Waals surface area contributed by atoms with Gasteiger partial charge in [0.1, 0.15) is 17.0 Å². The number of aryl methyl sites for hydroxylation is 1. The van der Waals surface area contributed by atoms with Gasteiger partial charge in [0.2, 0.25) is 21.8 Å². The molecule has 1 fully saturated rings. The van der Waals surface area contributed by atoms with E-state index in [1.54, 1.807) is 37.3 Å². The summed E-state index contributed by atoms with van der Waals surface area (Å²) in [5.74, 6) is -3.73. The maximum absolute atomic E-state index is 14.7. The van der Waals surface area contributed by atoms with E-state index < -0.39 is 62.3 Å². The third-order valence-electron chi connectivity index (χ3n) is 8.37. The Bertz CT molecular complexity index is 1850. The molecular formula is C32H32Cl2FN3O7S. The topological polar surface area (TPSA) is 140 Å². The Morgan fingerprint density at radius 2 is 1.76 bits per heavy atom. The van der Waals surface area contributed by atoms with Gasteiger partial charge in [-0.1, -0.05) is 35.3 Å². The number of ether oxygens (including phenoxy) is 2. The van der Waals surface area contributed by atoms with E-state index in [2.05, 4.69) is 10.6 Å². The number of rotatable bonds is 9. The number of carbonyl (C=O) groups excluding carboxylic acids is 3. The van der Waals surface area contributed by atoms with Crippen LogP contribution in [0.4, 0.5) is 10.1 Å². The number of sulfonamides is 1. The zero-order chi connectivity index (χ0) is 33.6. The number of amides is 3. The fourth-order valence-electron chi connectivity index (χ4n) is 6.16. The highest BCUT2D eigenvalue weighted by Crippen LogP contribution is 2.59. The predicted octanol–water partition coefficient (Wildman–Crippen LogP) is 4.93. The first-order valence-electron chi connectivity index (χ1n) is 14.3. The average molecular weight is 693 g/mol. The molecule has 2 heterocycles. The lowest BCUT2D eigenvalue weighted by Crippen LogP contribution is -2.57. The van der Waals surface area contributed by atoms with Crippen molar-refractivity contribution in [3.63, 3.8) is 0 Å². The van der Waals surface area contributed by atoms with Gasteiger partial charge in [0.05, 0.1) is 18.4 Å². The number of benzene rings is 3. The molecule has 2 aliphatic rings. The normalized spacial score (nSPS) is 21.0. The lowest BCUT2D eigenvalue weighted by atomic mass is 9.59. The Morgan fingerprint density at radius 1 is 1.07 bits per heavy atom. The van der Waals surface area contributed by atoms with Crippen LogP contribution in [0.2, 0.25) is 10.0 Å². The summed E-state index contributed by atoms with van der Waals surface area (Å²) in [4.78, 5) is 41.1. The molecule has 0 saturated carbocycles. The predicted molar refractivity (Wildman–Crippen MR) is 171 cm³/mol. The molecule has 0 radical (unpaired) electrons. The van der Waals surface area contributed by atoms with Crippen LogP contribution in [0.25, 0.3) is 0 Å². The second-order valence-electron chi connectivity index (χ2n) is 11.8. The molecule has 244 valence electrons. The van der Waals surface area contributed by atoms with E-state index in [9.17, 15) is 27.2 Å². The number of halogens is 3. The summed E-state index contributed by atoms with van der Waals surface area (Å²) in [5, 5.41) is 6.47. The van der Waals surface area contributed by atoms with E-state index in [0.29, 0.717) is 33.0 Å². The van der Waals surface area contributed by atoms with E-state index in [-0.39, 0.29) is 23.8 Å². The summed E-state index contributed by atoms with van der Waals surface area (Å²) in [6.45, 7) is 4.39. The van der Waals surface area contributed by atoms with Gasteiger partial charge in [-0.05, 0) is 79.9 Å². The van der Waals surface area contributed by atoms with Gasteiger partial charge >= 0.3 is 0 Å². The highest BCUT2D eigenvalue weighted by Gasteiger charge is 2.62. The molecule has 3 aromatic rings. The Morgan fingerprint density at radius 3 is 2.48 bits per heavy atom. The number of hydrogen-bond donors (Lipinski definition) is 3. The molecule has 0 unspecified atom stereocenters. The van der Waals surface area contributed by atoms with Crippen LogP contribution in [0.3, 0.4) is 0 Å². The van der Waals surface area contributed by atoms with Gasteiger partial charge in [-0.2, -0.15) is 0 Å². The molecule has 3 N–H and O–H groups in total. The molecule has 3 aromatic carbocycles. The molecule has 14 heteroatoms.